The molecule has 0 amide bonds. The lowest BCUT2D eigenvalue weighted by Crippen LogP contribution is -2.14. The predicted molar refractivity (Wildman–Crippen MR) is 101 cm³/mol. The predicted octanol–water partition coefficient (Wildman–Crippen LogP) is 5.11. The average molecular weight is 328 g/mol. The molecule has 2 aromatic heterocycles. The van der Waals surface area contributed by atoms with Crippen molar-refractivity contribution in [2.24, 2.45) is 5.92 Å². The van der Waals surface area contributed by atoms with Gasteiger partial charge in [0.1, 0.15) is 0 Å². The minimum atomic E-state index is 0.962. The second-order valence-electron chi connectivity index (χ2n) is 5.85. The first-order chi connectivity index (χ1) is 11.8. The molecule has 24 heavy (non-hydrogen) atoms. The molecule has 3 heteroatoms. The van der Waals surface area contributed by atoms with Gasteiger partial charge < -0.3 is 4.74 Å². The number of pyridine rings is 2. The van der Waals surface area contributed by atoms with Crippen molar-refractivity contribution >= 4 is 0 Å². The number of nitrogens with zero attached hydrogens (tertiary/aromatic N) is 2. The number of rotatable bonds is 3. The summed E-state index contributed by atoms with van der Waals surface area (Å²) in [5, 5.41) is 0. The van der Waals surface area contributed by atoms with E-state index >= 15 is 0 Å². The minimum absolute atomic E-state index is 0.962. The summed E-state index contributed by atoms with van der Waals surface area (Å²) in [5.41, 5.74) is 2.46. The van der Waals surface area contributed by atoms with Gasteiger partial charge in [-0.1, -0.05) is 39.3 Å². The number of aryl methyl sites for hydroxylation is 2. The van der Waals surface area contributed by atoms with E-state index in [4.69, 9.17) is 4.74 Å². The molecule has 0 saturated carbocycles. The molecule has 2 aromatic rings. The Balaban J connectivity index is 0.000000180. The van der Waals surface area contributed by atoms with Gasteiger partial charge in [-0.3, -0.25) is 9.97 Å². The molecule has 1 aliphatic rings. The Morgan fingerprint density at radius 1 is 0.958 bits per heavy atom. The summed E-state index contributed by atoms with van der Waals surface area (Å²) in [6.45, 7) is 8.48. The van der Waals surface area contributed by atoms with Gasteiger partial charge in [-0.2, -0.15) is 0 Å². The number of hydrogen-bond acceptors (Lipinski definition) is 3. The third-order valence-electron chi connectivity index (χ3n) is 4.14. The first kappa shape index (κ1) is 20.3. The Labute approximate surface area is 147 Å². The summed E-state index contributed by atoms with van der Waals surface area (Å²) < 4.78 is 5.20. The van der Waals surface area contributed by atoms with E-state index in [-0.39, 0.29) is 0 Å². The van der Waals surface area contributed by atoms with Crippen LogP contribution in [0.15, 0.2) is 48.9 Å². The lowest BCUT2D eigenvalue weighted by atomic mass is 9.98. The van der Waals surface area contributed by atoms with Crippen molar-refractivity contribution in [2.45, 2.75) is 52.9 Å². The van der Waals surface area contributed by atoms with Crippen LogP contribution >= 0.6 is 0 Å². The summed E-state index contributed by atoms with van der Waals surface area (Å²) in [6.07, 6.45) is 11.5. The highest BCUT2D eigenvalue weighted by atomic mass is 16.5. The Kier molecular flexibility index (Phi) is 11.6. The van der Waals surface area contributed by atoms with Crippen LogP contribution in [0.3, 0.4) is 0 Å². The molecular weight excluding hydrogens is 296 g/mol. The minimum Gasteiger partial charge on any atom is -0.381 e. The molecule has 132 valence electrons. The molecule has 0 atom stereocenters. The average Bonchev–Trinajstić information content (AvgIpc) is 2.71. The third-order valence-corrected chi connectivity index (χ3v) is 4.14. The molecule has 3 rings (SSSR count). The second-order valence-corrected chi connectivity index (χ2v) is 5.85. The van der Waals surface area contributed by atoms with Gasteiger partial charge in [0.15, 0.2) is 0 Å². The first-order valence-electron chi connectivity index (χ1n) is 9.16. The fourth-order valence-electron chi connectivity index (χ4n) is 2.37. The van der Waals surface area contributed by atoms with Gasteiger partial charge in [0.25, 0.3) is 0 Å². The van der Waals surface area contributed by atoms with E-state index < -0.39 is 0 Å². The molecular formula is C21H32N2O. The molecule has 0 bridgehead atoms. The molecule has 3 heterocycles. The Bertz CT molecular complexity index is 456. The lowest BCUT2D eigenvalue weighted by Gasteiger charge is -2.19. The van der Waals surface area contributed by atoms with Crippen molar-refractivity contribution < 1.29 is 4.74 Å². The largest absolute Gasteiger partial charge is 0.381 e. The summed E-state index contributed by atoms with van der Waals surface area (Å²) >= 11 is 0. The maximum Gasteiger partial charge on any atom is 0.0468 e. The molecule has 1 saturated heterocycles. The van der Waals surface area contributed by atoms with Crippen molar-refractivity contribution in [1.29, 1.82) is 0 Å². The van der Waals surface area contributed by atoms with Crippen molar-refractivity contribution in [2.75, 3.05) is 13.2 Å². The van der Waals surface area contributed by atoms with Gasteiger partial charge in [0.05, 0.1) is 0 Å². The van der Waals surface area contributed by atoms with E-state index in [2.05, 4.69) is 36.8 Å². The number of ether oxygens (including phenoxy) is 1. The van der Waals surface area contributed by atoms with E-state index in [0.717, 1.165) is 37.7 Å². The molecule has 0 spiro atoms. The van der Waals surface area contributed by atoms with Crippen LogP contribution in [0.4, 0.5) is 0 Å². The summed E-state index contributed by atoms with van der Waals surface area (Å²) in [5.74, 6) is 0.962. The number of aromatic nitrogens is 2. The fraction of sp³-hybridized carbons (Fsp3) is 0.524. The molecule has 0 N–H and O–H groups in total. The topological polar surface area (TPSA) is 35.0 Å². The van der Waals surface area contributed by atoms with Crippen LogP contribution in [0.25, 0.3) is 0 Å². The zero-order valence-electron chi connectivity index (χ0n) is 15.4. The molecule has 1 aliphatic heterocycles. The third kappa shape index (κ3) is 9.41. The molecule has 0 aliphatic carbocycles. The molecule has 0 unspecified atom stereocenters. The standard InChI is InChI=1S/2C7H9N.C7H14O/c1-2-7-4-3-5-8-6-7;1-2-7-5-3-4-6-8-7;1-2-7-3-5-8-6-4-7/h2*3-6H,2H2,1H3;7H,2-6H2,1H3. The van der Waals surface area contributed by atoms with Crippen molar-refractivity contribution in [1.82, 2.24) is 9.97 Å². The van der Waals surface area contributed by atoms with Crippen LogP contribution in [0.1, 0.15) is 51.3 Å². The van der Waals surface area contributed by atoms with Gasteiger partial charge in [-0.15, -0.1) is 0 Å². The van der Waals surface area contributed by atoms with Crippen LogP contribution < -0.4 is 0 Å². The van der Waals surface area contributed by atoms with Crippen LogP contribution in [-0.4, -0.2) is 23.2 Å². The summed E-state index contributed by atoms with van der Waals surface area (Å²) in [7, 11) is 0. The molecule has 0 radical (unpaired) electrons. The van der Waals surface area contributed by atoms with E-state index in [0.29, 0.717) is 0 Å². The number of hydrogen-bond donors (Lipinski definition) is 0. The van der Waals surface area contributed by atoms with Crippen molar-refractivity contribution in [3.8, 4) is 0 Å². The Morgan fingerprint density at radius 2 is 1.75 bits per heavy atom. The monoisotopic (exact) mass is 328 g/mol. The quantitative estimate of drug-likeness (QED) is 0.785. The van der Waals surface area contributed by atoms with Gasteiger partial charge in [-0.25, -0.2) is 0 Å². The molecule has 1 fully saturated rings. The maximum absolute atomic E-state index is 5.20. The lowest BCUT2D eigenvalue weighted by molar-refractivity contribution is 0.0654. The van der Waals surface area contributed by atoms with Gasteiger partial charge in [-0.05, 0) is 55.4 Å². The second kappa shape index (κ2) is 13.7. The molecule has 0 aromatic carbocycles. The van der Waals surface area contributed by atoms with E-state index in [1.807, 2.05) is 36.7 Å². The Morgan fingerprint density at radius 3 is 2.12 bits per heavy atom. The van der Waals surface area contributed by atoms with Gasteiger partial charge in [0, 0.05) is 37.5 Å². The van der Waals surface area contributed by atoms with Crippen LogP contribution in [0.2, 0.25) is 0 Å². The van der Waals surface area contributed by atoms with Crippen molar-refractivity contribution in [3.63, 3.8) is 0 Å². The van der Waals surface area contributed by atoms with Gasteiger partial charge >= 0.3 is 0 Å². The summed E-state index contributed by atoms with van der Waals surface area (Å²) in [4.78, 5) is 8.05. The zero-order valence-corrected chi connectivity index (χ0v) is 15.4. The van der Waals surface area contributed by atoms with Crippen LogP contribution in [-0.2, 0) is 17.6 Å². The zero-order chi connectivity index (χ0) is 17.5. The smallest absolute Gasteiger partial charge is 0.0468 e. The van der Waals surface area contributed by atoms with Crippen LogP contribution in [0.5, 0.6) is 0 Å². The Hall–Kier alpha value is -1.74. The highest BCUT2D eigenvalue weighted by Gasteiger charge is 2.09. The van der Waals surface area contributed by atoms with E-state index in [1.165, 1.54) is 24.8 Å². The van der Waals surface area contributed by atoms with Crippen LogP contribution in [0, 0.1) is 5.92 Å². The summed E-state index contributed by atoms with van der Waals surface area (Å²) in [6, 6.07) is 10.00. The first-order valence-corrected chi connectivity index (χ1v) is 9.16. The van der Waals surface area contributed by atoms with Gasteiger partial charge in [0.2, 0.25) is 0 Å². The fourth-order valence-corrected chi connectivity index (χ4v) is 2.37. The van der Waals surface area contributed by atoms with Crippen molar-refractivity contribution in [3.05, 3.63) is 60.2 Å². The maximum atomic E-state index is 5.20. The highest BCUT2D eigenvalue weighted by molar-refractivity contribution is 5.07. The van der Waals surface area contributed by atoms with E-state index in [9.17, 15) is 0 Å². The molecule has 3 nitrogen and oxygen atoms in total. The highest BCUT2D eigenvalue weighted by Crippen LogP contribution is 2.16. The SMILES string of the molecule is CCC1CCOCC1.CCc1ccccn1.CCc1cccnc1. The van der Waals surface area contributed by atoms with E-state index in [1.54, 1.807) is 6.20 Å². The normalized spacial score (nSPS) is 14.0.